The topological polar surface area (TPSA) is 89.8 Å². The number of rotatable bonds is 6. The molecule has 2 aromatic heterocycles. The summed E-state index contributed by atoms with van der Waals surface area (Å²) in [5.41, 5.74) is 2.30. The fourth-order valence-electron chi connectivity index (χ4n) is 2.61. The maximum absolute atomic E-state index is 12.3. The summed E-state index contributed by atoms with van der Waals surface area (Å²) in [5, 5.41) is 4.26. The van der Waals surface area contributed by atoms with Gasteiger partial charge in [0.1, 0.15) is 0 Å². The molecule has 126 valence electrons. The molecule has 0 aliphatic carbocycles. The molecule has 0 spiro atoms. The van der Waals surface area contributed by atoms with Gasteiger partial charge in [0.05, 0.1) is 35.2 Å². The van der Waals surface area contributed by atoms with Crippen molar-refractivity contribution in [1.29, 1.82) is 0 Å². The number of nitrogens with one attached hydrogen (secondary N) is 1. The summed E-state index contributed by atoms with van der Waals surface area (Å²) in [6.45, 7) is 7.07. The number of esters is 1. The number of aromatic nitrogens is 2. The van der Waals surface area contributed by atoms with Gasteiger partial charge in [-0.2, -0.15) is 5.10 Å². The summed E-state index contributed by atoms with van der Waals surface area (Å²) in [4.78, 5) is 12.3. The molecule has 1 N–H and O–H groups in total. The second-order valence-electron chi connectivity index (χ2n) is 5.17. The third kappa shape index (κ3) is 3.37. The van der Waals surface area contributed by atoms with Crippen LogP contribution in [0.25, 0.3) is 5.52 Å². The molecule has 0 amide bonds. The lowest BCUT2D eigenvalue weighted by Crippen LogP contribution is -2.29. The van der Waals surface area contributed by atoms with Gasteiger partial charge < -0.3 is 4.74 Å². The number of fused-ring (bicyclic) bond motifs is 1. The van der Waals surface area contributed by atoms with Gasteiger partial charge in [0.25, 0.3) is 0 Å². The molecule has 0 aliphatic heterocycles. The average Bonchev–Trinajstić information content (AvgIpc) is 2.79. The molecule has 0 fully saturated rings. The monoisotopic (exact) mass is 339 g/mol. The molecular formula is C15H21N3O4S. The maximum atomic E-state index is 12.3. The molecule has 2 rings (SSSR count). The van der Waals surface area contributed by atoms with Crippen LogP contribution in [0.4, 0.5) is 0 Å². The average molecular weight is 339 g/mol. The van der Waals surface area contributed by atoms with Crippen molar-refractivity contribution in [2.24, 2.45) is 0 Å². The van der Waals surface area contributed by atoms with Gasteiger partial charge in [-0.25, -0.2) is 22.4 Å². The third-order valence-electron chi connectivity index (χ3n) is 3.62. The molecular weight excluding hydrogens is 318 g/mol. The van der Waals surface area contributed by atoms with E-state index in [4.69, 9.17) is 4.74 Å². The Labute approximate surface area is 135 Å². The first kappa shape index (κ1) is 17.4. The largest absolute Gasteiger partial charge is 0.462 e. The van der Waals surface area contributed by atoms with E-state index < -0.39 is 22.0 Å². The number of nitrogens with zero attached hydrogens (tertiary/aromatic N) is 2. The Morgan fingerprint density at radius 2 is 2.13 bits per heavy atom. The first-order valence-corrected chi connectivity index (χ1v) is 9.10. The van der Waals surface area contributed by atoms with Crippen LogP contribution in [0.5, 0.6) is 0 Å². The first-order valence-electron chi connectivity index (χ1n) is 7.45. The van der Waals surface area contributed by atoms with Crippen LogP contribution in [0.3, 0.4) is 0 Å². The molecule has 2 heterocycles. The van der Waals surface area contributed by atoms with Gasteiger partial charge in [0.2, 0.25) is 10.0 Å². The van der Waals surface area contributed by atoms with Gasteiger partial charge in [0, 0.05) is 6.20 Å². The van der Waals surface area contributed by atoms with Crippen molar-refractivity contribution in [2.45, 2.75) is 33.7 Å². The van der Waals surface area contributed by atoms with Crippen molar-refractivity contribution >= 4 is 21.5 Å². The number of ether oxygens (including phenoxy) is 1. The predicted molar refractivity (Wildman–Crippen MR) is 86.9 cm³/mol. The highest BCUT2D eigenvalue weighted by Gasteiger charge is 2.26. The lowest BCUT2D eigenvalue weighted by Gasteiger charge is -2.14. The molecule has 1 unspecified atom stereocenters. The summed E-state index contributed by atoms with van der Waals surface area (Å²) in [6, 6.07) is 2.96. The molecule has 0 bridgehead atoms. The van der Waals surface area contributed by atoms with Crippen molar-refractivity contribution < 1.29 is 17.9 Å². The first-order chi connectivity index (χ1) is 10.8. The molecule has 7 nitrogen and oxygen atoms in total. The third-order valence-corrected chi connectivity index (χ3v) is 5.09. The zero-order chi connectivity index (χ0) is 17.2. The van der Waals surface area contributed by atoms with E-state index in [0.717, 1.165) is 0 Å². The quantitative estimate of drug-likeness (QED) is 0.811. The Bertz CT molecular complexity index is 827. The Morgan fingerprint density at radius 1 is 1.43 bits per heavy atom. The molecule has 0 aromatic carbocycles. The summed E-state index contributed by atoms with van der Waals surface area (Å²) in [5.74, 6) is -0.454. The summed E-state index contributed by atoms with van der Waals surface area (Å²) in [6.07, 6.45) is 1.59. The van der Waals surface area contributed by atoms with Gasteiger partial charge in [-0.15, -0.1) is 0 Å². The Hall–Kier alpha value is -1.93. The minimum atomic E-state index is -3.38. The molecule has 0 aliphatic rings. The van der Waals surface area contributed by atoms with Crippen molar-refractivity contribution in [1.82, 2.24) is 14.3 Å². The number of sulfonamides is 1. The van der Waals surface area contributed by atoms with Gasteiger partial charge in [-0.05, 0) is 45.4 Å². The Balaban J connectivity index is 2.61. The van der Waals surface area contributed by atoms with Crippen LogP contribution in [-0.4, -0.2) is 36.4 Å². The van der Waals surface area contributed by atoms with E-state index in [0.29, 0.717) is 22.3 Å². The minimum Gasteiger partial charge on any atom is -0.462 e. The number of carbonyl (C=O) groups excluding carboxylic acids is 1. The van der Waals surface area contributed by atoms with E-state index in [1.807, 2.05) is 0 Å². The number of hydrogen-bond acceptors (Lipinski definition) is 5. The van der Waals surface area contributed by atoms with E-state index >= 15 is 0 Å². The molecule has 1 atom stereocenters. The van der Waals surface area contributed by atoms with Crippen LogP contribution in [0, 0.1) is 6.92 Å². The normalized spacial score (nSPS) is 13.2. The zero-order valence-electron chi connectivity index (χ0n) is 13.7. The highest BCUT2D eigenvalue weighted by molar-refractivity contribution is 7.89. The second kappa shape index (κ2) is 6.67. The fraction of sp³-hybridized carbons (Fsp3) is 0.467. The molecule has 0 radical (unpaired) electrons. The fourth-order valence-corrected chi connectivity index (χ4v) is 3.43. The lowest BCUT2D eigenvalue weighted by atomic mass is 10.1. The van der Waals surface area contributed by atoms with Crippen molar-refractivity contribution in [3.05, 3.63) is 35.2 Å². The van der Waals surface area contributed by atoms with Crippen molar-refractivity contribution in [2.75, 3.05) is 12.4 Å². The van der Waals surface area contributed by atoms with Gasteiger partial charge in [-0.1, -0.05) is 0 Å². The van der Waals surface area contributed by atoms with Crippen LogP contribution < -0.4 is 4.72 Å². The van der Waals surface area contributed by atoms with E-state index in [1.165, 1.54) is 0 Å². The summed E-state index contributed by atoms with van der Waals surface area (Å²) in [7, 11) is -3.38. The smallest absolute Gasteiger partial charge is 0.340 e. The van der Waals surface area contributed by atoms with Crippen LogP contribution in [0.2, 0.25) is 0 Å². The predicted octanol–water partition coefficient (Wildman–Crippen LogP) is 1.82. The molecule has 23 heavy (non-hydrogen) atoms. The number of carbonyl (C=O) groups is 1. The van der Waals surface area contributed by atoms with Gasteiger partial charge >= 0.3 is 5.97 Å². The van der Waals surface area contributed by atoms with Gasteiger partial charge in [-0.3, -0.25) is 0 Å². The van der Waals surface area contributed by atoms with E-state index in [2.05, 4.69) is 9.82 Å². The van der Waals surface area contributed by atoms with E-state index in [-0.39, 0.29) is 12.4 Å². The number of hydrogen-bond donors (Lipinski definition) is 1. The highest BCUT2D eigenvalue weighted by atomic mass is 32.2. The molecule has 0 saturated heterocycles. The second-order valence-corrected chi connectivity index (χ2v) is 7.21. The molecule has 2 aromatic rings. The molecule has 8 heteroatoms. The Kier molecular flexibility index (Phi) is 5.06. The lowest BCUT2D eigenvalue weighted by molar-refractivity contribution is 0.0528. The zero-order valence-corrected chi connectivity index (χ0v) is 14.5. The maximum Gasteiger partial charge on any atom is 0.340 e. The summed E-state index contributed by atoms with van der Waals surface area (Å²) >= 11 is 0. The summed E-state index contributed by atoms with van der Waals surface area (Å²) < 4.78 is 33.0. The van der Waals surface area contributed by atoms with Crippen LogP contribution in [0.15, 0.2) is 18.3 Å². The van der Waals surface area contributed by atoms with E-state index in [9.17, 15) is 13.2 Å². The van der Waals surface area contributed by atoms with Crippen molar-refractivity contribution in [3.8, 4) is 0 Å². The standard InChI is InChI=1S/C15H21N3O4S/c1-5-22-15(19)13-10(3)14(11(4)17-23(20,21)6-2)18-12(13)8-7-9-16-18/h7-9,11,17H,5-6H2,1-4H3. The van der Waals surface area contributed by atoms with E-state index in [1.54, 1.807) is 50.5 Å². The van der Waals surface area contributed by atoms with Crippen LogP contribution in [0.1, 0.15) is 48.4 Å². The highest BCUT2D eigenvalue weighted by Crippen LogP contribution is 2.28. The van der Waals surface area contributed by atoms with Crippen molar-refractivity contribution in [3.63, 3.8) is 0 Å². The molecule has 0 saturated carbocycles. The van der Waals surface area contributed by atoms with Crippen LogP contribution >= 0.6 is 0 Å². The van der Waals surface area contributed by atoms with Gasteiger partial charge in [0.15, 0.2) is 0 Å². The van der Waals surface area contributed by atoms with Crippen LogP contribution in [-0.2, 0) is 14.8 Å². The minimum absolute atomic E-state index is 0.0160. The Morgan fingerprint density at radius 3 is 2.74 bits per heavy atom. The SMILES string of the molecule is CCOC(=O)c1c(C)c(C(C)NS(=O)(=O)CC)n2ncccc12.